The van der Waals surface area contributed by atoms with Gasteiger partial charge in [0, 0.05) is 19.7 Å². The Morgan fingerprint density at radius 2 is 1.39 bits per heavy atom. The molecule has 0 saturated carbocycles. The molecule has 0 spiro atoms. The van der Waals surface area contributed by atoms with Gasteiger partial charge in [-0.15, -0.1) is 0 Å². The summed E-state index contributed by atoms with van der Waals surface area (Å²) >= 11 is 0. The van der Waals surface area contributed by atoms with Gasteiger partial charge in [0.2, 0.25) is 5.91 Å². The van der Waals surface area contributed by atoms with E-state index in [0.717, 1.165) is 30.0 Å². The molecule has 0 saturated heterocycles. The van der Waals surface area contributed by atoms with Crippen LogP contribution in [0.5, 0.6) is 5.75 Å². The SMILES string of the molecule is CCCCCCCCCCCCCCOc1ccc(CN(Cc2ccccn2)C(C)=O)cc1. The van der Waals surface area contributed by atoms with Crippen LogP contribution in [0, 0.1) is 0 Å². The van der Waals surface area contributed by atoms with Crippen molar-refractivity contribution in [1.82, 2.24) is 9.88 Å². The van der Waals surface area contributed by atoms with E-state index in [-0.39, 0.29) is 5.91 Å². The lowest BCUT2D eigenvalue weighted by Crippen LogP contribution is -2.28. The zero-order chi connectivity index (χ0) is 23.6. The van der Waals surface area contributed by atoms with Gasteiger partial charge in [0.25, 0.3) is 0 Å². The summed E-state index contributed by atoms with van der Waals surface area (Å²) in [7, 11) is 0. The topological polar surface area (TPSA) is 42.4 Å². The molecular formula is C29H44N2O2. The number of hydrogen-bond donors (Lipinski definition) is 0. The van der Waals surface area contributed by atoms with Crippen molar-refractivity contribution in [2.45, 2.75) is 104 Å². The lowest BCUT2D eigenvalue weighted by molar-refractivity contribution is -0.130. The molecule has 0 radical (unpaired) electrons. The predicted octanol–water partition coefficient (Wildman–Crippen LogP) is 7.71. The summed E-state index contributed by atoms with van der Waals surface area (Å²) in [6, 6.07) is 13.9. The number of pyridine rings is 1. The van der Waals surface area contributed by atoms with Crippen molar-refractivity contribution in [3.8, 4) is 5.75 Å². The number of hydrogen-bond acceptors (Lipinski definition) is 3. The summed E-state index contributed by atoms with van der Waals surface area (Å²) in [6.45, 7) is 5.75. The van der Waals surface area contributed by atoms with Crippen LogP contribution in [-0.2, 0) is 17.9 Å². The average Bonchev–Trinajstić information content (AvgIpc) is 2.83. The molecule has 0 N–H and O–H groups in total. The lowest BCUT2D eigenvalue weighted by Gasteiger charge is -2.21. The van der Waals surface area contributed by atoms with Crippen molar-refractivity contribution in [2.24, 2.45) is 0 Å². The Morgan fingerprint density at radius 3 is 1.94 bits per heavy atom. The quantitative estimate of drug-likeness (QED) is 0.217. The Morgan fingerprint density at radius 1 is 0.788 bits per heavy atom. The first kappa shape index (κ1) is 26.9. The molecule has 0 bridgehead atoms. The fourth-order valence-corrected chi connectivity index (χ4v) is 4.01. The Hall–Kier alpha value is -2.36. The molecule has 1 amide bonds. The van der Waals surface area contributed by atoms with E-state index < -0.39 is 0 Å². The third-order valence-electron chi connectivity index (χ3n) is 6.09. The normalized spacial score (nSPS) is 10.8. The predicted molar refractivity (Wildman–Crippen MR) is 137 cm³/mol. The fraction of sp³-hybridized carbons (Fsp3) is 0.586. The molecule has 0 unspecified atom stereocenters. The molecule has 1 aromatic carbocycles. The molecule has 0 aliphatic heterocycles. The summed E-state index contributed by atoms with van der Waals surface area (Å²) in [5.74, 6) is 0.953. The maximum atomic E-state index is 12.0. The van der Waals surface area contributed by atoms with Gasteiger partial charge in [-0.2, -0.15) is 0 Å². The average molecular weight is 453 g/mol. The maximum Gasteiger partial charge on any atom is 0.220 e. The molecule has 1 aromatic heterocycles. The number of rotatable bonds is 18. The minimum Gasteiger partial charge on any atom is -0.494 e. The second-order valence-electron chi connectivity index (χ2n) is 9.08. The highest BCUT2D eigenvalue weighted by molar-refractivity contribution is 5.73. The minimum absolute atomic E-state index is 0.0490. The van der Waals surface area contributed by atoms with E-state index in [1.54, 1.807) is 13.1 Å². The number of unbranched alkanes of at least 4 members (excludes halogenated alkanes) is 11. The molecule has 33 heavy (non-hydrogen) atoms. The molecule has 4 heteroatoms. The molecule has 2 rings (SSSR count). The van der Waals surface area contributed by atoms with Crippen LogP contribution in [0.1, 0.15) is 102 Å². The molecule has 0 fully saturated rings. The fourth-order valence-electron chi connectivity index (χ4n) is 4.01. The van der Waals surface area contributed by atoms with Crippen LogP contribution in [0.15, 0.2) is 48.7 Å². The molecule has 1 heterocycles. The van der Waals surface area contributed by atoms with Gasteiger partial charge in [-0.25, -0.2) is 0 Å². The van der Waals surface area contributed by atoms with Crippen LogP contribution in [0.2, 0.25) is 0 Å². The van der Waals surface area contributed by atoms with Crippen LogP contribution >= 0.6 is 0 Å². The first-order valence-corrected chi connectivity index (χ1v) is 13.1. The number of carbonyl (C=O) groups excluding carboxylic acids is 1. The van der Waals surface area contributed by atoms with E-state index in [2.05, 4.69) is 11.9 Å². The molecule has 182 valence electrons. The van der Waals surface area contributed by atoms with E-state index in [9.17, 15) is 4.79 Å². The Balaban J connectivity index is 1.55. The standard InChI is InChI=1S/C29H44N2O2/c1-3-4-5-6-7-8-9-10-11-12-13-16-23-33-29-20-18-27(19-21-29)24-31(26(2)32)25-28-17-14-15-22-30-28/h14-15,17-22H,3-13,16,23-25H2,1-2H3. The Bertz CT molecular complexity index is 746. The first-order valence-electron chi connectivity index (χ1n) is 13.1. The summed E-state index contributed by atoms with van der Waals surface area (Å²) in [4.78, 5) is 18.2. The van der Waals surface area contributed by atoms with Crippen molar-refractivity contribution in [2.75, 3.05) is 6.61 Å². The molecule has 4 nitrogen and oxygen atoms in total. The van der Waals surface area contributed by atoms with E-state index >= 15 is 0 Å². The highest BCUT2D eigenvalue weighted by Gasteiger charge is 2.11. The second kappa shape index (κ2) is 17.2. The summed E-state index contributed by atoms with van der Waals surface area (Å²) in [5, 5.41) is 0. The van der Waals surface area contributed by atoms with Gasteiger partial charge in [0.15, 0.2) is 0 Å². The Labute approximate surface area is 201 Å². The number of amides is 1. The van der Waals surface area contributed by atoms with E-state index in [1.165, 1.54) is 70.6 Å². The van der Waals surface area contributed by atoms with Gasteiger partial charge in [-0.05, 0) is 36.2 Å². The van der Waals surface area contributed by atoms with E-state index in [0.29, 0.717) is 13.1 Å². The first-order chi connectivity index (χ1) is 16.2. The van der Waals surface area contributed by atoms with Crippen LogP contribution in [0.4, 0.5) is 0 Å². The zero-order valence-corrected chi connectivity index (χ0v) is 20.9. The third kappa shape index (κ3) is 12.5. The van der Waals surface area contributed by atoms with Crippen molar-refractivity contribution in [3.63, 3.8) is 0 Å². The molecule has 0 atom stereocenters. The molecular weight excluding hydrogens is 408 g/mol. The second-order valence-corrected chi connectivity index (χ2v) is 9.08. The number of nitrogens with zero attached hydrogens (tertiary/aromatic N) is 2. The van der Waals surface area contributed by atoms with Gasteiger partial charge >= 0.3 is 0 Å². The minimum atomic E-state index is 0.0490. The van der Waals surface area contributed by atoms with E-state index in [4.69, 9.17) is 4.74 Å². The van der Waals surface area contributed by atoms with Crippen LogP contribution < -0.4 is 4.74 Å². The van der Waals surface area contributed by atoms with Crippen LogP contribution in [0.3, 0.4) is 0 Å². The van der Waals surface area contributed by atoms with Gasteiger partial charge in [0.05, 0.1) is 18.8 Å². The molecule has 2 aromatic rings. The van der Waals surface area contributed by atoms with Gasteiger partial charge in [-0.3, -0.25) is 9.78 Å². The van der Waals surface area contributed by atoms with Gasteiger partial charge in [0.1, 0.15) is 5.75 Å². The molecule has 0 aliphatic rings. The Kier molecular flexibility index (Phi) is 14.0. The highest BCUT2D eigenvalue weighted by atomic mass is 16.5. The van der Waals surface area contributed by atoms with Crippen molar-refractivity contribution in [1.29, 1.82) is 0 Å². The van der Waals surface area contributed by atoms with E-state index in [1.807, 2.05) is 47.4 Å². The highest BCUT2D eigenvalue weighted by Crippen LogP contribution is 2.16. The maximum absolute atomic E-state index is 12.0. The third-order valence-corrected chi connectivity index (χ3v) is 6.09. The zero-order valence-electron chi connectivity index (χ0n) is 20.9. The lowest BCUT2D eigenvalue weighted by atomic mass is 10.1. The van der Waals surface area contributed by atoms with Gasteiger partial charge in [-0.1, -0.05) is 95.8 Å². The van der Waals surface area contributed by atoms with Crippen LogP contribution in [-0.4, -0.2) is 22.4 Å². The molecule has 0 aliphatic carbocycles. The van der Waals surface area contributed by atoms with Gasteiger partial charge < -0.3 is 9.64 Å². The van der Waals surface area contributed by atoms with Crippen molar-refractivity contribution < 1.29 is 9.53 Å². The van der Waals surface area contributed by atoms with Crippen molar-refractivity contribution in [3.05, 3.63) is 59.9 Å². The summed E-state index contributed by atoms with van der Waals surface area (Å²) in [5.41, 5.74) is 1.99. The number of ether oxygens (including phenoxy) is 1. The summed E-state index contributed by atoms with van der Waals surface area (Å²) in [6.07, 6.45) is 18.0. The van der Waals surface area contributed by atoms with Crippen molar-refractivity contribution >= 4 is 5.91 Å². The number of benzene rings is 1. The number of carbonyl (C=O) groups is 1. The summed E-state index contributed by atoms with van der Waals surface area (Å²) < 4.78 is 5.91. The van der Waals surface area contributed by atoms with Crippen LogP contribution in [0.25, 0.3) is 0 Å². The largest absolute Gasteiger partial charge is 0.494 e. The monoisotopic (exact) mass is 452 g/mol. The number of aromatic nitrogens is 1. The smallest absolute Gasteiger partial charge is 0.220 e.